The Labute approximate surface area is 116 Å². The van der Waals surface area contributed by atoms with Crippen LogP contribution in [0.15, 0.2) is 18.3 Å². The van der Waals surface area contributed by atoms with E-state index < -0.39 is 0 Å². The first-order valence-corrected chi connectivity index (χ1v) is 7.51. The molecule has 0 aliphatic heterocycles. The largest absolute Gasteiger partial charge is 0.352 e. The van der Waals surface area contributed by atoms with Crippen LogP contribution < -0.4 is 5.32 Å². The van der Waals surface area contributed by atoms with Gasteiger partial charge in [-0.2, -0.15) is 0 Å². The smallest absolute Gasteiger partial charge is 0.252 e. The minimum absolute atomic E-state index is 0.0105. The molecule has 0 bridgehead atoms. The second-order valence-corrected chi connectivity index (χ2v) is 4.92. The van der Waals surface area contributed by atoms with Gasteiger partial charge < -0.3 is 5.32 Å². The first-order valence-electron chi connectivity index (χ1n) is 7.51. The van der Waals surface area contributed by atoms with Gasteiger partial charge in [-0.25, -0.2) is 0 Å². The molecule has 0 fully saturated rings. The number of nitrogens with zero attached hydrogens (tertiary/aromatic N) is 1. The summed E-state index contributed by atoms with van der Waals surface area (Å²) >= 11 is 0. The van der Waals surface area contributed by atoms with E-state index >= 15 is 0 Å². The summed E-state index contributed by atoms with van der Waals surface area (Å²) in [6, 6.07) is 3.77. The van der Waals surface area contributed by atoms with Gasteiger partial charge in [-0.1, -0.05) is 46.0 Å². The number of aromatic nitrogens is 1. The van der Waals surface area contributed by atoms with Gasteiger partial charge in [-0.15, -0.1) is 0 Å². The highest BCUT2D eigenvalue weighted by Gasteiger charge is 2.04. The molecular weight excluding hydrogens is 236 g/mol. The molecule has 0 aromatic carbocycles. The van der Waals surface area contributed by atoms with Crippen molar-refractivity contribution in [3.63, 3.8) is 0 Å². The van der Waals surface area contributed by atoms with Crippen LogP contribution in [0, 0.1) is 0 Å². The molecule has 0 aliphatic rings. The molecule has 0 saturated carbocycles. The molecule has 0 unspecified atom stereocenters. The van der Waals surface area contributed by atoms with Gasteiger partial charge in [0.15, 0.2) is 0 Å². The van der Waals surface area contributed by atoms with Crippen molar-refractivity contribution in [2.24, 2.45) is 0 Å². The standard InChI is InChI=1S/C16H26N2O/c1-3-5-6-7-8-9-12-17-16(19)14-10-11-15(4-2)18-13-14/h10-11,13H,3-9,12H2,1-2H3,(H,17,19). The summed E-state index contributed by atoms with van der Waals surface area (Å²) in [6.45, 7) is 5.04. The lowest BCUT2D eigenvalue weighted by atomic mass is 10.1. The average molecular weight is 262 g/mol. The van der Waals surface area contributed by atoms with Crippen molar-refractivity contribution in [1.29, 1.82) is 0 Å². The minimum Gasteiger partial charge on any atom is -0.352 e. The van der Waals surface area contributed by atoms with Gasteiger partial charge in [0.2, 0.25) is 0 Å². The first-order chi connectivity index (χ1) is 9.27. The quantitative estimate of drug-likeness (QED) is 0.689. The number of nitrogens with one attached hydrogen (secondary N) is 1. The fraction of sp³-hybridized carbons (Fsp3) is 0.625. The Morgan fingerprint density at radius 3 is 2.47 bits per heavy atom. The Morgan fingerprint density at radius 2 is 1.84 bits per heavy atom. The summed E-state index contributed by atoms with van der Waals surface area (Å²) < 4.78 is 0. The monoisotopic (exact) mass is 262 g/mol. The highest BCUT2D eigenvalue weighted by molar-refractivity contribution is 5.93. The van der Waals surface area contributed by atoms with Crippen molar-refractivity contribution in [2.45, 2.75) is 58.8 Å². The molecule has 0 atom stereocenters. The van der Waals surface area contributed by atoms with Gasteiger partial charge >= 0.3 is 0 Å². The van der Waals surface area contributed by atoms with E-state index in [1.165, 1.54) is 32.1 Å². The SMILES string of the molecule is CCCCCCCCNC(=O)c1ccc(CC)nc1. The third-order valence-electron chi connectivity index (χ3n) is 3.27. The summed E-state index contributed by atoms with van der Waals surface area (Å²) in [4.78, 5) is 16.1. The van der Waals surface area contributed by atoms with Crippen LogP contribution >= 0.6 is 0 Å². The van der Waals surface area contributed by atoms with E-state index in [2.05, 4.69) is 24.1 Å². The average Bonchev–Trinajstić information content (AvgIpc) is 2.46. The van der Waals surface area contributed by atoms with Crippen LogP contribution in [0.5, 0.6) is 0 Å². The second kappa shape index (κ2) is 9.54. The van der Waals surface area contributed by atoms with Crippen LogP contribution in [0.2, 0.25) is 0 Å². The predicted molar refractivity (Wildman–Crippen MR) is 79.3 cm³/mol. The maximum atomic E-state index is 11.8. The fourth-order valence-electron chi connectivity index (χ4n) is 1.98. The van der Waals surface area contributed by atoms with Crippen LogP contribution in [-0.2, 0) is 6.42 Å². The Bertz CT molecular complexity index is 360. The number of hydrogen-bond donors (Lipinski definition) is 1. The molecule has 19 heavy (non-hydrogen) atoms. The highest BCUT2D eigenvalue weighted by atomic mass is 16.1. The molecule has 106 valence electrons. The van der Waals surface area contributed by atoms with Crippen LogP contribution in [0.4, 0.5) is 0 Å². The normalized spacial score (nSPS) is 10.4. The van der Waals surface area contributed by atoms with Gasteiger partial charge in [0.25, 0.3) is 5.91 Å². The van der Waals surface area contributed by atoms with Gasteiger partial charge in [-0.05, 0) is 25.0 Å². The van der Waals surface area contributed by atoms with Crippen molar-refractivity contribution >= 4 is 5.91 Å². The van der Waals surface area contributed by atoms with Crippen molar-refractivity contribution in [3.05, 3.63) is 29.6 Å². The lowest BCUT2D eigenvalue weighted by molar-refractivity contribution is 0.0952. The Hall–Kier alpha value is -1.38. The van der Waals surface area contributed by atoms with E-state index in [0.717, 1.165) is 25.1 Å². The second-order valence-electron chi connectivity index (χ2n) is 4.92. The summed E-state index contributed by atoms with van der Waals surface area (Å²) in [5.41, 5.74) is 1.68. The Kier molecular flexibility index (Phi) is 7.87. The maximum Gasteiger partial charge on any atom is 0.252 e. The number of carbonyl (C=O) groups excluding carboxylic acids is 1. The van der Waals surface area contributed by atoms with Crippen molar-refractivity contribution in [2.75, 3.05) is 6.54 Å². The zero-order valence-corrected chi connectivity index (χ0v) is 12.2. The molecule has 1 amide bonds. The molecule has 1 aromatic rings. The van der Waals surface area contributed by atoms with Crippen LogP contribution in [0.25, 0.3) is 0 Å². The van der Waals surface area contributed by atoms with E-state index in [1.54, 1.807) is 6.20 Å². The first kappa shape index (κ1) is 15.7. The number of rotatable bonds is 9. The third kappa shape index (κ3) is 6.37. The summed E-state index contributed by atoms with van der Waals surface area (Å²) in [6.07, 6.45) is 10.0. The molecule has 0 aliphatic carbocycles. The topological polar surface area (TPSA) is 42.0 Å². The lowest BCUT2D eigenvalue weighted by Crippen LogP contribution is -2.24. The molecule has 1 heterocycles. The minimum atomic E-state index is -0.0105. The highest BCUT2D eigenvalue weighted by Crippen LogP contribution is 2.05. The number of unbranched alkanes of at least 4 members (excludes halogenated alkanes) is 5. The molecule has 3 heteroatoms. The van der Waals surface area contributed by atoms with Gasteiger partial charge in [0.1, 0.15) is 0 Å². The number of amides is 1. The van der Waals surface area contributed by atoms with Crippen molar-refractivity contribution < 1.29 is 4.79 Å². The van der Waals surface area contributed by atoms with E-state index in [1.807, 2.05) is 12.1 Å². The summed E-state index contributed by atoms with van der Waals surface area (Å²) in [5.74, 6) is -0.0105. The Morgan fingerprint density at radius 1 is 1.11 bits per heavy atom. The fourth-order valence-corrected chi connectivity index (χ4v) is 1.98. The number of hydrogen-bond acceptors (Lipinski definition) is 2. The zero-order chi connectivity index (χ0) is 13.9. The van der Waals surface area contributed by atoms with Crippen LogP contribution in [0.3, 0.4) is 0 Å². The molecule has 1 rings (SSSR count). The third-order valence-corrected chi connectivity index (χ3v) is 3.27. The van der Waals surface area contributed by atoms with Crippen molar-refractivity contribution in [1.82, 2.24) is 10.3 Å². The maximum absolute atomic E-state index is 11.8. The summed E-state index contributed by atoms with van der Waals surface area (Å²) in [7, 11) is 0. The van der Waals surface area contributed by atoms with Crippen LogP contribution in [-0.4, -0.2) is 17.4 Å². The molecule has 0 saturated heterocycles. The number of pyridine rings is 1. The molecule has 0 spiro atoms. The molecule has 3 nitrogen and oxygen atoms in total. The zero-order valence-electron chi connectivity index (χ0n) is 12.2. The number of aryl methyl sites for hydroxylation is 1. The van der Waals surface area contributed by atoms with Gasteiger partial charge in [0, 0.05) is 18.4 Å². The van der Waals surface area contributed by atoms with E-state index in [4.69, 9.17) is 0 Å². The van der Waals surface area contributed by atoms with E-state index in [9.17, 15) is 4.79 Å². The van der Waals surface area contributed by atoms with E-state index in [0.29, 0.717) is 5.56 Å². The Balaban J connectivity index is 2.16. The molecular formula is C16H26N2O. The van der Waals surface area contributed by atoms with Gasteiger partial charge in [0.05, 0.1) is 5.56 Å². The van der Waals surface area contributed by atoms with Crippen molar-refractivity contribution in [3.8, 4) is 0 Å². The number of carbonyl (C=O) groups is 1. The van der Waals surface area contributed by atoms with E-state index in [-0.39, 0.29) is 5.91 Å². The summed E-state index contributed by atoms with van der Waals surface area (Å²) in [5, 5.41) is 2.95. The van der Waals surface area contributed by atoms with Crippen LogP contribution in [0.1, 0.15) is 68.4 Å². The molecule has 1 aromatic heterocycles. The lowest BCUT2D eigenvalue weighted by Gasteiger charge is -2.05. The predicted octanol–water partition coefficient (Wildman–Crippen LogP) is 3.73. The molecule has 1 N–H and O–H groups in total. The van der Waals surface area contributed by atoms with Gasteiger partial charge in [-0.3, -0.25) is 9.78 Å². The molecule has 0 radical (unpaired) electrons.